The number of hydrogen-bond donors (Lipinski definition) is 6. The zero-order chi connectivity index (χ0) is 17.8. The lowest BCUT2D eigenvalue weighted by molar-refractivity contribution is -0.256. The van der Waals surface area contributed by atoms with Crippen molar-refractivity contribution >= 4 is 5.96 Å². The number of rotatable bonds is 7. The van der Waals surface area contributed by atoms with Crippen LogP contribution in [0, 0.1) is 0 Å². The minimum absolute atomic E-state index is 0.273. The van der Waals surface area contributed by atoms with E-state index < -0.39 is 45.2 Å². The molecular formula is C12H28N6O5. The fourth-order valence-electron chi connectivity index (χ4n) is 2.78. The normalized spacial score (nSPS) is 31.3. The first-order chi connectivity index (χ1) is 10.8. The second-order valence-electron chi connectivity index (χ2n) is 5.50. The summed E-state index contributed by atoms with van der Waals surface area (Å²) in [4.78, 5) is 9.99. The van der Waals surface area contributed by atoms with E-state index in [1.54, 1.807) is 37.7 Å². The van der Waals surface area contributed by atoms with Crippen LogP contribution in [-0.4, -0.2) is 110 Å². The summed E-state index contributed by atoms with van der Waals surface area (Å²) in [5.74, 6) is -1.91. The van der Waals surface area contributed by atoms with Crippen LogP contribution >= 0.6 is 0 Å². The second kappa shape index (κ2) is 7.68. The van der Waals surface area contributed by atoms with E-state index in [0.717, 1.165) is 0 Å². The summed E-state index contributed by atoms with van der Waals surface area (Å²) in [5.41, 5.74) is 0. The molecular weight excluding hydrogens is 308 g/mol. The molecule has 1 aliphatic rings. The molecule has 6 N–H and O–H groups in total. The molecule has 136 valence electrons. The standard InChI is InChI=1S/C12H28N6O5/c1-11(17(6-20)7-21)14-10(13-5-19)15(3)12(2,16(11)4)18(8-22)9-23/h19-23H,5-9H2,1-4H3,(H,13,14). The Balaban J connectivity index is 3.46. The molecule has 0 aromatic carbocycles. The van der Waals surface area contributed by atoms with Crippen molar-refractivity contribution in [1.29, 1.82) is 0 Å². The Bertz CT molecular complexity index is 419. The van der Waals surface area contributed by atoms with E-state index in [0.29, 0.717) is 0 Å². The molecule has 1 aliphatic heterocycles. The average Bonchev–Trinajstić information content (AvgIpc) is 2.53. The van der Waals surface area contributed by atoms with Gasteiger partial charge in [-0.2, -0.15) is 0 Å². The number of nitrogens with one attached hydrogen (secondary N) is 1. The molecule has 1 fully saturated rings. The Labute approximate surface area is 135 Å². The van der Waals surface area contributed by atoms with Crippen LogP contribution in [0.3, 0.4) is 0 Å². The molecule has 0 saturated carbocycles. The summed E-state index contributed by atoms with van der Waals surface area (Å²) in [5, 5.41) is 50.5. The smallest absolute Gasteiger partial charge is 0.201 e. The first-order valence-corrected chi connectivity index (χ1v) is 7.12. The van der Waals surface area contributed by atoms with E-state index in [-0.39, 0.29) is 5.96 Å². The van der Waals surface area contributed by atoms with Gasteiger partial charge in [0.05, 0.1) is 0 Å². The lowest BCUT2D eigenvalue weighted by Gasteiger charge is -2.63. The van der Waals surface area contributed by atoms with Gasteiger partial charge in [0.25, 0.3) is 0 Å². The molecule has 0 amide bonds. The highest BCUT2D eigenvalue weighted by Crippen LogP contribution is 2.33. The van der Waals surface area contributed by atoms with Gasteiger partial charge in [-0.15, -0.1) is 0 Å². The van der Waals surface area contributed by atoms with Crippen LogP contribution in [0.4, 0.5) is 0 Å². The van der Waals surface area contributed by atoms with Crippen LogP contribution < -0.4 is 5.32 Å². The molecule has 2 unspecified atom stereocenters. The highest BCUT2D eigenvalue weighted by Gasteiger charge is 2.55. The van der Waals surface area contributed by atoms with E-state index >= 15 is 0 Å². The van der Waals surface area contributed by atoms with Crippen molar-refractivity contribution in [1.82, 2.24) is 24.9 Å². The third-order valence-electron chi connectivity index (χ3n) is 4.71. The molecule has 1 saturated heterocycles. The van der Waals surface area contributed by atoms with Crippen LogP contribution in [0.5, 0.6) is 0 Å². The van der Waals surface area contributed by atoms with Crippen LogP contribution in [0.15, 0.2) is 4.99 Å². The van der Waals surface area contributed by atoms with Gasteiger partial charge in [0.2, 0.25) is 5.96 Å². The molecule has 0 bridgehead atoms. The Morgan fingerprint density at radius 3 is 1.83 bits per heavy atom. The molecule has 11 heteroatoms. The van der Waals surface area contributed by atoms with Gasteiger partial charge in [0.15, 0.2) is 11.6 Å². The molecule has 23 heavy (non-hydrogen) atoms. The maximum absolute atomic E-state index is 9.61. The first kappa shape index (κ1) is 20.0. The van der Waals surface area contributed by atoms with Crippen molar-refractivity contribution in [3.63, 3.8) is 0 Å². The number of nitrogens with zero attached hydrogens (tertiary/aromatic N) is 5. The molecule has 11 nitrogen and oxygen atoms in total. The van der Waals surface area contributed by atoms with Crippen LogP contribution in [0.2, 0.25) is 0 Å². The maximum atomic E-state index is 9.61. The Morgan fingerprint density at radius 1 is 0.957 bits per heavy atom. The van der Waals surface area contributed by atoms with Crippen molar-refractivity contribution in [2.24, 2.45) is 4.99 Å². The van der Waals surface area contributed by atoms with Gasteiger partial charge in [-0.05, 0) is 20.9 Å². The highest BCUT2D eigenvalue weighted by atomic mass is 16.3. The summed E-state index contributed by atoms with van der Waals surface area (Å²) < 4.78 is 0. The van der Waals surface area contributed by atoms with E-state index in [1.807, 2.05) is 0 Å². The average molecular weight is 336 g/mol. The van der Waals surface area contributed by atoms with E-state index in [2.05, 4.69) is 10.3 Å². The SMILES string of the molecule is CN1C(=NCO)NC(C)(N(CO)CO)N(C)C1(C)N(CO)CO. The molecule has 0 spiro atoms. The number of aliphatic hydroxyl groups is 5. The topological polar surface area (TPSA) is 138 Å². The molecule has 0 aromatic heterocycles. The maximum Gasteiger partial charge on any atom is 0.201 e. The Morgan fingerprint density at radius 2 is 1.43 bits per heavy atom. The van der Waals surface area contributed by atoms with Gasteiger partial charge in [0, 0.05) is 7.05 Å². The first-order valence-electron chi connectivity index (χ1n) is 7.12. The predicted octanol–water partition coefficient (Wildman–Crippen LogP) is -3.49. The van der Waals surface area contributed by atoms with Crippen molar-refractivity contribution in [2.75, 3.05) is 47.7 Å². The number of aliphatic imine (C=N–C) groups is 1. The van der Waals surface area contributed by atoms with Crippen molar-refractivity contribution in [3.8, 4) is 0 Å². The number of hydrogen-bond acceptors (Lipinski definition) is 9. The highest BCUT2D eigenvalue weighted by molar-refractivity contribution is 5.82. The lowest BCUT2D eigenvalue weighted by Crippen LogP contribution is -2.85. The fourth-order valence-corrected chi connectivity index (χ4v) is 2.78. The van der Waals surface area contributed by atoms with Crippen molar-refractivity contribution in [3.05, 3.63) is 0 Å². The number of guanidine groups is 1. The molecule has 1 heterocycles. The molecule has 2 atom stereocenters. The van der Waals surface area contributed by atoms with Crippen molar-refractivity contribution in [2.45, 2.75) is 25.4 Å². The quantitative estimate of drug-likeness (QED) is 0.260. The third-order valence-corrected chi connectivity index (χ3v) is 4.71. The predicted molar refractivity (Wildman–Crippen MR) is 82.0 cm³/mol. The van der Waals surface area contributed by atoms with Crippen molar-refractivity contribution < 1.29 is 25.5 Å². The molecule has 0 radical (unpaired) electrons. The van der Waals surface area contributed by atoms with Gasteiger partial charge in [0.1, 0.15) is 33.7 Å². The summed E-state index contributed by atoms with van der Waals surface area (Å²) in [6, 6.07) is 0. The minimum atomic E-state index is -1.11. The third kappa shape index (κ3) is 3.14. The summed E-state index contributed by atoms with van der Waals surface area (Å²) >= 11 is 0. The Kier molecular flexibility index (Phi) is 6.68. The van der Waals surface area contributed by atoms with E-state index in [1.165, 1.54) is 9.80 Å². The van der Waals surface area contributed by atoms with Gasteiger partial charge in [-0.25, -0.2) is 19.7 Å². The summed E-state index contributed by atoms with van der Waals surface area (Å²) in [6.07, 6.45) is 0. The fraction of sp³-hybridized carbons (Fsp3) is 0.917. The van der Waals surface area contributed by atoms with Gasteiger partial charge in [-0.3, -0.25) is 0 Å². The van der Waals surface area contributed by atoms with Crippen LogP contribution in [0.1, 0.15) is 13.8 Å². The summed E-state index contributed by atoms with van der Waals surface area (Å²) in [6.45, 7) is 1.18. The molecule has 0 aromatic rings. The second-order valence-corrected chi connectivity index (χ2v) is 5.50. The van der Waals surface area contributed by atoms with E-state index in [4.69, 9.17) is 5.11 Å². The van der Waals surface area contributed by atoms with Crippen LogP contribution in [0.25, 0.3) is 0 Å². The molecule has 1 rings (SSSR count). The molecule has 0 aliphatic carbocycles. The Hall–Kier alpha value is -1.05. The lowest BCUT2D eigenvalue weighted by atomic mass is 10.1. The largest absolute Gasteiger partial charge is 0.381 e. The van der Waals surface area contributed by atoms with Gasteiger partial charge in [-0.1, -0.05) is 0 Å². The van der Waals surface area contributed by atoms with E-state index in [9.17, 15) is 20.4 Å². The van der Waals surface area contributed by atoms with Gasteiger partial charge >= 0.3 is 0 Å². The van der Waals surface area contributed by atoms with Gasteiger partial charge < -0.3 is 35.7 Å². The minimum Gasteiger partial charge on any atom is -0.381 e. The zero-order valence-electron chi connectivity index (χ0n) is 14.0. The number of aliphatic hydroxyl groups excluding tert-OH is 5. The summed E-state index contributed by atoms with van der Waals surface area (Å²) in [7, 11) is 3.38. The monoisotopic (exact) mass is 336 g/mol. The zero-order valence-corrected chi connectivity index (χ0v) is 14.0. The van der Waals surface area contributed by atoms with Crippen LogP contribution in [-0.2, 0) is 0 Å².